The second kappa shape index (κ2) is 7.73. The summed E-state index contributed by atoms with van der Waals surface area (Å²) in [5, 5.41) is 0. The molecule has 0 aliphatic rings. The molecule has 0 amide bonds. The van der Waals surface area contributed by atoms with E-state index in [9.17, 15) is 16.8 Å². The van der Waals surface area contributed by atoms with Gasteiger partial charge in [-0.25, -0.2) is 8.42 Å². The van der Waals surface area contributed by atoms with Crippen LogP contribution in [-0.4, -0.2) is 50.9 Å². The average molecular weight is 359 g/mol. The molecule has 9 heteroatoms. The van der Waals surface area contributed by atoms with Crippen molar-refractivity contribution < 1.29 is 21.4 Å². The minimum absolute atomic E-state index is 0. The SMILES string of the molecule is Cl.O=S(=O)(O)c1cccc(S(=O)(=O)c2ccccc2)c1.[NaH]. The van der Waals surface area contributed by atoms with E-state index in [1.54, 1.807) is 18.2 Å². The average Bonchev–Trinajstić information content (AvgIpc) is 2.39. The van der Waals surface area contributed by atoms with Crippen LogP contribution in [0.5, 0.6) is 0 Å². The van der Waals surface area contributed by atoms with E-state index < -0.39 is 24.9 Å². The van der Waals surface area contributed by atoms with Gasteiger partial charge in [-0.15, -0.1) is 12.4 Å². The Labute approximate surface area is 151 Å². The van der Waals surface area contributed by atoms with E-state index in [0.29, 0.717) is 0 Å². The van der Waals surface area contributed by atoms with Crippen LogP contribution in [0.3, 0.4) is 0 Å². The summed E-state index contributed by atoms with van der Waals surface area (Å²) in [5.41, 5.74) is 0. The first-order valence-corrected chi connectivity index (χ1v) is 8.12. The molecule has 0 aliphatic carbocycles. The third-order valence-electron chi connectivity index (χ3n) is 2.47. The molecule has 21 heavy (non-hydrogen) atoms. The molecule has 0 radical (unpaired) electrons. The van der Waals surface area contributed by atoms with Crippen molar-refractivity contribution in [2.24, 2.45) is 0 Å². The normalized spacial score (nSPS) is 11.1. The van der Waals surface area contributed by atoms with Crippen LogP contribution in [0, 0.1) is 0 Å². The molecule has 0 spiro atoms. The van der Waals surface area contributed by atoms with Crippen molar-refractivity contribution in [1.82, 2.24) is 0 Å². The summed E-state index contributed by atoms with van der Waals surface area (Å²) >= 11 is 0. The molecule has 110 valence electrons. The number of rotatable bonds is 3. The van der Waals surface area contributed by atoms with Crippen molar-refractivity contribution in [2.45, 2.75) is 14.7 Å². The summed E-state index contributed by atoms with van der Waals surface area (Å²) in [6, 6.07) is 12.2. The molecule has 0 heterocycles. The van der Waals surface area contributed by atoms with Crippen molar-refractivity contribution in [1.29, 1.82) is 0 Å². The molecule has 0 aromatic heterocycles. The molecule has 2 rings (SSSR count). The monoisotopic (exact) mass is 358 g/mol. The van der Waals surface area contributed by atoms with Crippen LogP contribution in [0.2, 0.25) is 0 Å². The third kappa shape index (κ3) is 4.79. The fourth-order valence-electron chi connectivity index (χ4n) is 1.54. The summed E-state index contributed by atoms with van der Waals surface area (Å²) in [7, 11) is -8.23. The molecule has 5 nitrogen and oxygen atoms in total. The van der Waals surface area contributed by atoms with Gasteiger partial charge < -0.3 is 0 Å². The van der Waals surface area contributed by atoms with Gasteiger partial charge in [0.15, 0.2) is 0 Å². The fraction of sp³-hybridized carbons (Fsp3) is 0. The third-order valence-corrected chi connectivity index (χ3v) is 5.08. The summed E-state index contributed by atoms with van der Waals surface area (Å²) in [6.07, 6.45) is 0. The Morgan fingerprint density at radius 1 is 0.714 bits per heavy atom. The van der Waals surface area contributed by atoms with Crippen molar-refractivity contribution in [3.63, 3.8) is 0 Å². The molecule has 0 aliphatic heterocycles. The van der Waals surface area contributed by atoms with Crippen LogP contribution in [-0.2, 0) is 20.0 Å². The van der Waals surface area contributed by atoms with Gasteiger partial charge in [0, 0.05) is 0 Å². The van der Waals surface area contributed by atoms with Gasteiger partial charge in [0.2, 0.25) is 9.84 Å². The second-order valence-corrected chi connectivity index (χ2v) is 7.14. The number of hydrogen-bond acceptors (Lipinski definition) is 4. The summed E-state index contributed by atoms with van der Waals surface area (Å²) in [4.78, 5) is -0.583. The molecule has 0 fully saturated rings. The Kier molecular flexibility index (Phi) is 7.58. The van der Waals surface area contributed by atoms with Crippen molar-refractivity contribution in [2.75, 3.05) is 0 Å². The van der Waals surface area contributed by atoms with Crippen LogP contribution in [0.15, 0.2) is 69.3 Å². The molecule has 0 saturated heterocycles. The Bertz CT molecular complexity index is 805. The van der Waals surface area contributed by atoms with Gasteiger partial charge in [0.25, 0.3) is 10.1 Å². The molecule has 0 saturated carbocycles. The van der Waals surface area contributed by atoms with Crippen LogP contribution in [0.25, 0.3) is 0 Å². The number of benzene rings is 2. The molecule has 0 unspecified atom stereocenters. The van der Waals surface area contributed by atoms with Gasteiger partial charge in [0.05, 0.1) is 14.7 Å². The van der Waals surface area contributed by atoms with Gasteiger partial charge >= 0.3 is 29.6 Å². The second-order valence-electron chi connectivity index (χ2n) is 3.77. The molecule has 0 atom stereocenters. The molecule has 1 N–H and O–H groups in total. The predicted octanol–water partition coefficient (Wildman–Crippen LogP) is 1.54. The molecular formula is C12H12ClNaO5S2. The number of sulfone groups is 1. The van der Waals surface area contributed by atoms with E-state index in [4.69, 9.17) is 4.55 Å². The maximum atomic E-state index is 12.2. The number of halogens is 1. The van der Waals surface area contributed by atoms with E-state index in [2.05, 4.69) is 0 Å². The molecular weight excluding hydrogens is 347 g/mol. The molecule has 2 aromatic carbocycles. The van der Waals surface area contributed by atoms with E-state index in [1.807, 2.05) is 0 Å². The fourth-order valence-corrected chi connectivity index (χ4v) is 3.47. The van der Waals surface area contributed by atoms with E-state index in [-0.39, 0.29) is 51.8 Å². The van der Waals surface area contributed by atoms with E-state index >= 15 is 0 Å². The number of hydrogen-bond donors (Lipinski definition) is 1. The Morgan fingerprint density at radius 2 is 1.19 bits per heavy atom. The summed E-state index contributed by atoms with van der Waals surface area (Å²) in [5.74, 6) is 0. The minimum atomic E-state index is -4.43. The van der Waals surface area contributed by atoms with Crippen LogP contribution < -0.4 is 0 Å². The first kappa shape index (κ1) is 20.6. The van der Waals surface area contributed by atoms with Gasteiger partial charge in [-0.2, -0.15) is 8.42 Å². The first-order valence-electron chi connectivity index (χ1n) is 5.19. The zero-order valence-corrected chi connectivity index (χ0v) is 12.5. The first-order chi connectivity index (χ1) is 8.82. The van der Waals surface area contributed by atoms with Gasteiger partial charge in [-0.1, -0.05) is 24.3 Å². The predicted molar refractivity (Wildman–Crippen MR) is 82.5 cm³/mol. The van der Waals surface area contributed by atoms with Crippen molar-refractivity contribution >= 4 is 61.9 Å². The molecule has 2 aromatic rings. The Balaban J connectivity index is 0.00000200. The van der Waals surface area contributed by atoms with Gasteiger partial charge in [0.1, 0.15) is 0 Å². The van der Waals surface area contributed by atoms with Crippen molar-refractivity contribution in [3.8, 4) is 0 Å². The standard InChI is InChI=1S/C12H10O5S2.ClH.Na.H/c13-18(14,10-5-2-1-3-6-10)11-7-4-8-12(9-11)19(15,16)17;;;/h1-9H,(H,15,16,17);1H;;. The quantitative estimate of drug-likeness (QED) is 0.664. The zero-order valence-electron chi connectivity index (χ0n) is 10.0. The van der Waals surface area contributed by atoms with Crippen LogP contribution in [0.1, 0.15) is 0 Å². The summed E-state index contributed by atoms with van der Waals surface area (Å²) < 4.78 is 55.4. The van der Waals surface area contributed by atoms with E-state index in [1.165, 1.54) is 24.3 Å². The maximum absolute atomic E-state index is 12.2. The van der Waals surface area contributed by atoms with Crippen LogP contribution in [0.4, 0.5) is 0 Å². The summed E-state index contributed by atoms with van der Waals surface area (Å²) in [6.45, 7) is 0. The van der Waals surface area contributed by atoms with Crippen LogP contribution >= 0.6 is 12.4 Å². The van der Waals surface area contributed by atoms with E-state index in [0.717, 1.165) is 12.1 Å². The van der Waals surface area contributed by atoms with Gasteiger partial charge in [-0.05, 0) is 30.3 Å². The van der Waals surface area contributed by atoms with Crippen molar-refractivity contribution in [3.05, 3.63) is 54.6 Å². The topological polar surface area (TPSA) is 88.5 Å². The zero-order chi connectivity index (χ0) is 14.1. The Hall–Kier alpha value is -0.410. The molecule has 0 bridgehead atoms. The van der Waals surface area contributed by atoms with Gasteiger partial charge in [-0.3, -0.25) is 4.55 Å². The Morgan fingerprint density at radius 3 is 1.71 bits per heavy atom.